The molecule has 2 aromatic heterocycles. The Hall–Kier alpha value is -2.98. The maximum absolute atomic E-state index is 10.4. The van der Waals surface area contributed by atoms with Crippen LogP contribution >= 0.6 is 0 Å². The maximum atomic E-state index is 10.4. The number of nitrogens with zero attached hydrogens (tertiary/aromatic N) is 6. The summed E-state index contributed by atoms with van der Waals surface area (Å²) in [6.45, 7) is 5.39. The van der Waals surface area contributed by atoms with E-state index in [4.69, 9.17) is 0 Å². The van der Waals surface area contributed by atoms with Crippen molar-refractivity contribution in [2.45, 2.75) is 50.5 Å². The molecule has 3 aliphatic rings. The summed E-state index contributed by atoms with van der Waals surface area (Å²) in [7, 11) is 0. The van der Waals surface area contributed by atoms with Crippen LogP contribution in [0.15, 0.2) is 36.8 Å². The summed E-state index contributed by atoms with van der Waals surface area (Å²) in [6.07, 6.45) is 7.67. The van der Waals surface area contributed by atoms with Gasteiger partial charge in [0.15, 0.2) is 5.82 Å². The lowest BCUT2D eigenvalue weighted by atomic mass is 9.90. The number of anilines is 1. The summed E-state index contributed by atoms with van der Waals surface area (Å²) in [5.74, 6) is 1.78. The van der Waals surface area contributed by atoms with Gasteiger partial charge in [-0.25, -0.2) is 14.6 Å². The lowest BCUT2D eigenvalue weighted by molar-refractivity contribution is 0.0263. The molecule has 0 amide bonds. The Morgan fingerprint density at radius 3 is 2.68 bits per heavy atom. The fourth-order valence-corrected chi connectivity index (χ4v) is 5.49. The number of rotatable bonds is 4. The number of aliphatic hydroxyl groups is 1. The summed E-state index contributed by atoms with van der Waals surface area (Å²) in [4.78, 5) is 11.2. The van der Waals surface area contributed by atoms with Gasteiger partial charge in [-0.05, 0) is 56.6 Å². The van der Waals surface area contributed by atoms with Crippen molar-refractivity contribution >= 4 is 16.7 Å². The van der Waals surface area contributed by atoms with Crippen molar-refractivity contribution in [1.82, 2.24) is 19.7 Å². The molecule has 31 heavy (non-hydrogen) atoms. The van der Waals surface area contributed by atoms with Gasteiger partial charge in [-0.3, -0.25) is 0 Å². The van der Waals surface area contributed by atoms with E-state index in [1.165, 1.54) is 0 Å². The van der Waals surface area contributed by atoms with Crippen LogP contribution in [0.2, 0.25) is 0 Å². The van der Waals surface area contributed by atoms with Crippen molar-refractivity contribution in [1.29, 1.82) is 5.26 Å². The lowest BCUT2D eigenvalue weighted by Crippen LogP contribution is -2.33. The van der Waals surface area contributed by atoms with Gasteiger partial charge in [-0.15, -0.1) is 0 Å². The molecular formula is C24H26N6O. The highest BCUT2D eigenvalue weighted by Crippen LogP contribution is 2.78. The Kier molecular flexibility index (Phi) is 3.66. The van der Waals surface area contributed by atoms with E-state index in [1.54, 1.807) is 6.33 Å². The molecule has 7 heteroatoms. The Morgan fingerprint density at radius 1 is 1.19 bits per heavy atom. The van der Waals surface area contributed by atoms with E-state index < -0.39 is 5.60 Å². The third-order valence-corrected chi connectivity index (χ3v) is 7.86. The van der Waals surface area contributed by atoms with Crippen molar-refractivity contribution in [2.24, 2.45) is 11.3 Å². The van der Waals surface area contributed by atoms with Crippen LogP contribution in [0.4, 0.5) is 5.82 Å². The molecule has 2 atom stereocenters. The Bertz CT molecular complexity index is 1230. The molecule has 1 aromatic carbocycles. The summed E-state index contributed by atoms with van der Waals surface area (Å²) in [6, 6.07) is 10.9. The van der Waals surface area contributed by atoms with Gasteiger partial charge in [-0.2, -0.15) is 10.4 Å². The average Bonchev–Trinajstić information content (AvgIpc) is 3.50. The summed E-state index contributed by atoms with van der Waals surface area (Å²) >= 11 is 0. The highest BCUT2D eigenvalue weighted by Gasteiger charge is 2.75. The first-order valence-corrected chi connectivity index (χ1v) is 11.0. The van der Waals surface area contributed by atoms with Crippen LogP contribution in [0.5, 0.6) is 0 Å². The van der Waals surface area contributed by atoms with E-state index in [9.17, 15) is 10.4 Å². The minimum atomic E-state index is -0.697. The van der Waals surface area contributed by atoms with E-state index in [1.807, 2.05) is 30.8 Å². The predicted molar refractivity (Wildman–Crippen MR) is 117 cm³/mol. The van der Waals surface area contributed by atoms with E-state index in [2.05, 4.69) is 44.2 Å². The number of hydrogen-bond donors (Lipinski definition) is 1. The predicted octanol–water partition coefficient (Wildman–Crippen LogP) is 3.36. The van der Waals surface area contributed by atoms with Gasteiger partial charge in [0, 0.05) is 30.5 Å². The van der Waals surface area contributed by atoms with Crippen LogP contribution in [-0.2, 0) is 5.41 Å². The first-order chi connectivity index (χ1) is 14.9. The molecule has 1 N–H and O–H groups in total. The van der Waals surface area contributed by atoms with Gasteiger partial charge in [0.1, 0.15) is 12.1 Å². The molecule has 3 aromatic rings. The standard InChI is InChI=1S/C24H26N6O/c1-22(2,31)18-5-8-29(12-18)20-10-21(27-15-26-20)30-19-9-17(4-3-16(19)11-28-30)24(14-25)13-23(24)6-7-23/h3-4,9-11,15,18,31H,5-8,12-13H2,1-2H3. The molecule has 1 aliphatic heterocycles. The third-order valence-electron chi connectivity index (χ3n) is 7.86. The molecular weight excluding hydrogens is 388 g/mol. The molecule has 1 spiro atoms. The van der Waals surface area contributed by atoms with Gasteiger partial charge in [-0.1, -0.05) is 12.1 Å². The maximum Gasteiger partial charge on any atom is 0.159 e. The number of nitriles is 1. The van der Waals surface area contributed by atoms with Gasteiger partial charge in [0.25, 0.3) is 0 Å². The second-order valence-electron chi connectivity index (χ2n) is 10.1. The summed E-state index contributed by atoms with van der Waals surface area (Å²) in [5.41, 5.74) is 1.28. The smallest absolute Gasteiger partial charge is 0.159 e. The molecule has 1 saturated heterocycles. The van der Waals surface area contributed by atoms with Crippen LogP contribution in [0.3, 0.4) is 0 Å². The van der Waals surface area contributed by atoms with Crippen molar-refractivity contribution < 1.29 is 5.11 Å². The molecule has 3 fully saturated rings. The van der Waals surface area contributed by atoms with E-state index in [0.29, 0.717) is 5.82 Å². The number of fused-ring (bicyclic) bond motifs is 1. The van der Waals surface area contributed by atoms with Gasteiger partial charge in [0.05, 0.1) is 28.8 Å². The molecule has 158 valence electrons. The molecule has 0 radical (unpaired) electrons. The number of hydrogen-bond acceptors (Lipinski definition) is 6. The topological polar surface area (TPSA) is 90.9 Å². The molecule has 3 heterocycles. The third kappa shape index (κ3) is 2.71. The Morgan fingerprint density at radius 2 is 2.00 bits per heavy atom. The monoisotopic (exact) mass is 414 g/mol. The second-order valence-corrected chi connectivity index (χ2v) is 10.1. The molecule has 2 saturated carbocycles. The quantitative estimate of drug-likeness (QED) is 0.704. The Labute approximate surface area is 181 Å². The van der Waals surface area contributed by atoms with E-state index in [-0.39, 0.29) is 16.7 Å². The number of aromatic nitrogens is 4. The zero-order valence-electron chi connectivity index (χ0n) is 17.9. The minimum absolute atomic E-state index is 0.217. The molecule has 7 nitrogen and oxygen atoms in total. The largest absolute Gasteiger partial charge is 0.390 e. The highest BCUT2D eigenvalue weighted by molar-refractivity contribution is 5.82. The normalized spacial score (nSPS) is 26.4. The van der Waals surface area contributed by atoms with Crippen LogP contribution in [-0.4, -0.2) is 43.5 Å². The van der Waals surface area contributed by atoms with E-state index >= 15 is 0 Å². The second kappa shape index (κ2) is 6.04. The van der Waals surface area contributed by atoms with Crippen molar-refractivity contribution in [2.75, 3.05) is 18.0 Å². The lowest BCUT2D eigenvalue weighted by Gasteiger charge is -2.25. The SMILES string of the molecule is CC(C)(O)C1CCN(c2cc(-n3ncc4ccc(C5(C#N)CC56CC6)cc43)ncn2)C1. The van der Waals surface area contributed by atoms with Crippen LogP contribution < -0.4 is 4.90 Å². The van der Waals surface area contributed by atoms with Crippen molar-refractivity contribution in [3.05, 3.63) is 42.4 Å². The van der Waals surface area contributed by atoms with Gasteiger partial charge in [0.2, 0.25) is 0 Å². The first-order valence-electron chi connectivity index (χ1n) is 11.0. The van der Waals surface area contributed by atoms with Gasteiger partial charge < -0.3 is 10.0 Å². The minimum Gasteiger partial charge on any atom is -0.390 e. The fraction of sp³-hybridized carbons (Fsp3) is 0.500. The van der Waals surface area contributed by atoms with Crippen LogP contribution in [0, 0.1) is 22.7 Å². The zero-order chi connectivity index (χ0) is 21.4. The molecule has 2 aliphatic carbocycles. The van der Waals surface area contributed by atoms with Crippen LogP contribution in [0.1, 0.15) is 45.1 Å². The molecule has 2 unspecified atom stereocenters. The van der Waals surface area contributed by atoms with Gasteiger partial charge >= 0.3 is 0 Å². The Balaban J connectivity index is 1.35. The average molecular weight is 415 g/mol. The van der Waals surface area contributed by atoms with Crippen molar-refractivity contribution in [3.8, 4) is 11.9 Å². The zero-order valence-corrected chi connectivity index (χ0v) is 17.9. The fourth-order valence-electron chi connectivity index (χ4n) is 5.49. The molecule has 6 rings (SSSR count). The summed E-state index contributed by atoms with van der Waals surface area (Å²) < 4.78 is 1.85. The highest BCUT2D eigenvalue weighted by atomic mass is 16.3. The van der Waals surface area contributed by atoms with Crippen molar-refractivity contribution in [3.63, 3.8) is 0 Å². The van der Waals surface area contributed by atoms with E-state index in [0.717, 1.165) is 61.1 Å². The summed E-state index contributed by atoms with van der Waals surface area (Å²) in [5, 5.41) is 25.9. The number of benzene rings is 1. The first kappa shape index (κ1) is 18.8. The molecule has 0 bridgehead atoms. The van der Waals surface area contributed by atoms with Crippen LogP contribution in [0.25, 0.3) is 16.7 Å².